The summed E-state index contributed by atoms with van der Waals surface area (Å²) in [6.45, 7) is -0.669. The van der Waals surface area contributed by atoms with Crippen LogP contribution in [0.5, 0.6) is 0 Å². The van der Waals surface area contributed by atoms with E-state index in [0.717, 1.165) is 0 Å². The Balaban J connectivity index is 2.31. The number of esters is 2. The van der Waals surface area contributed by atoms with Crippen molar-refractivity contribution < 1.29 is 34.0 Å². The Bertz CT molecular complexity index is 239. The first-order chi connectivity index (χ1) is 8.19. The number of ether oxygens (including phenoxy) is 3. The predicted molar refractivity (Wildman–Crippen MR) is 54.0 cm³/mol. The van der Waals surface area contributed by atoms with Crippen molar-refractivity contribution in [2.75, 3.05) is 26.4 Å². The minimum absolute atomic E-state index is 0.0850. The van der Waals surface area contributed by atoms with Crippen molar-refractivity contribution in [2.45, 2.75) is 25.0 Å². The molecule has 0 bridgehead atoms. The highest BCUT2D eigenvalue weighted by Gasteiger charge is 2.36. The summed E-state index contributed by atoms with van der Waals surface area (Å²) in [5, 5.41) is 17.0. The van der Waals surface area contributed by atoms with Crippen LogP contribution in [0.1, 0.15) is 12.8 Å². The molecule has 0 spiro atoms. The summed E-state index contributed by atoms with van der Waals surface area (Å²) in [6, 6.07) is 0. The largest absolute Gasteiger partial charge is 0.461 e. The molecule has 1 rings (SSSR count). The van der Waals surface area contributed by atoms with Gasteiger partial charge in [0.15, 0.2) is 12.2 Å². The Morgan fingerprint density at radius 3 is 1.76 bits per heavy atom. The summed E-state index contributed by atoms with van der Waals surface area (Å²) in [5.41, 5.74) is 0. The van der Waals surface area contributed by atoms with Crippen LogP contribution in [0.3, 0.4) is 0 Å². The number of hydrogen-bond acceptors (Lipinski definition) is 7. The van der Waals surface area contributed by atoms with Gasteiger partial charge in [0, 0.05) is 0 Å². The van der Waals surface area contributed by atoms with Crippen molar-refractivity contribution in [3.63, 3.8) is 0 Å². The van der Waals surface area contributed by atoms with E-state index in [2.05, 4.69) is 9.47 Å². The lowest BCUT2D eigenvalue weighted by Gasteiger charge is -2.12. The maximum Gasteiger partial charge on any atom is 0.335 e. The van der Waals surface area contributed by atoms with Crippen LogP contribution in [0.25, 0.3) is 0 Å². The molecule has 0 amide bonds. The molecule has 2 unspecified atom stereocenters. The average Bonchev–Trinajstić information content (AvgIpc) is 2.82. The van der Waals surface area contributed by atoms with E-state index in [1.54, 1.807) is 0 Å². The monoisotopic (exact) mass is 248 g/mol. The van der Waals surface area contributed by atoms with Gasteiger partial charge in [-0.05, 0) is 12.8 Å². The van der Waals surface area contributed by atoms with E-state index in [9.17, 15) is 9.59 Å². The molecule has 1 heterocycles. The second-order valence-corrected chi connectivity index (χ2v) is 3.47. The van der Waals surface area contributed by atoms with Crippen molar-refractivity contribution in [1.29, 1.82) is 0 Å². The average molecular weight is 248 g/mol. The zero-order chi connectivity index (χ0) is 12.7. The fraction of sp³-hybridized carbons (Fsp3) is 0.800. The van der Waals surface area contributed by atoms with E-state index in [4.69, 9.17) is 14.9 Å². The molecule has 0 aliphatic carbocycles. The van der Waals surface area contributed by atoms with Gasteiger partial charge in [0.05, 0.1) is 13.2 Å². The van der Waals surface area contributed by atoms with E-state index in [1.165, 1.54) is 0 Å². The number of aliphatic hydroxyl groups is 2. The summed E-state index contributed by atoms with van der Waals surface area (Å²) in [6.07, 6.45) is -0.812. The third kappa shape index (κ3) is 4.29. The molecule has 0 aromatic rings. The molecular weight excluding hydrogens is 232 g/mol. The van der Waals surface area contributed by atoms with Crippen LogP contribution in [0.2, 0.25) is 0 Å². The molecule has 7 nitrogen and oxygen atoms in total. The second kappa shape index (κ2) is 7.21. The molecule has 0 saturated carbocycles. The maximum absolute atomic E-state index is 11.3. The van der Waals surface area contributed by atoms with E-state index in [1.807, 2.05) is 0 Å². The van der Waals surface area contributed by atoms with E-state index < -0.39 is 24.1 Å². The van der Waals surface area contributed by atoms with Gasteiger partial charge in [-0.25, -0.2) is 9.59 Å². The van der Waals surface area contributed by atoms with Crippen LogP contribution in [-0.2, 0) is 23.8 Å². The molecule has 17 heavy (non-hydrogen) atoms. The first-order valence-electron chi connectivity index (χ1n) is 5.39. The molecule has 0 radical (unpaired) electrons. The lowest BCUT2D eigenvalue weighted by atomic mass is 10.2. The van der Waals surface area contributed by atoms with Gasteiger partial charge in [-0.15, -0.1) is 0 Å². The van der Waals surface area contributed by atoms with E-state index in [-0.39, 0.29) is 26.4 Å². The third-order valence-electron chi connectivity index (χ3n) is 2.22. The van der Waals surface area contributed by atoms with E-state index >= 15 is 0 Å². The van der Waals surface area contributed by atoms with Gasteiger partial charge in [-0.3, -0.25) is 0 Å². The van der Waals surface area contributed by atoms with Crippen molar-refractivity contribution in [2.24, 2.45) is 0 Å². The quantitative estimate of drug-likeness (QED) is 0.557. The maximum atomic E-state index is 11.3. The number of carbonyl (C=O) groups excluding carboxylic acids is 2. The Hall–Kier alpha value is -1.18. The van der Waals surface area contributed by atoms with Crippen molar-refractivity contribution in [3.8, 4) is 0 Å². The molecule has 1 saturated heterocycles. The van der Waals surface area contributed by atoms with Gasteiger partial charge in [-0.2, -0.15) is 0 Å². The van der Waals surface area contributed by atoms with Crippen LogP contribution >= 0.6 is 0 Å². The minimum Gasteiger partial charge on any atom is -0.461 e. The summed E-state index contributed by atoms with van der Waals surface area (Å²) in [7, 11) is 0. The lowest BCUT2D eigenvalue weighted by molar-refractivity contribution is -0.166. The number of aliphatic hydroxyl groups excluding tert-OH is 2. The summed E-state index contributed by atoms with van der Waals surface area (Å²) in [4.78, 5) is 22.7. The molecule has 1 aliphatic heterocycles. The fourth-order valence-corrected chi connectivity index (χ4v) is 1.46. The Morgan fingerprint density at radius 1 is 1.00 bits per heavy atom. The zero-order valence-corrected chi connectivity index (χ0v) is 9.33. The first-order valence-corrected chi connectivity index (χ1v) is 5.39. The highest BCUT2D eigenvalue weighted by Crippen LogP contribution is 2.21. The van der Waals surface area contributed by atoms with Crippen molar-refractivity contribution in [3.05, 3.63) is 0 Å². The van der Waals surface area contributed by atoms with Gasteiger partial charge in [0.25, 0.3) is 0 Å². The lowest BCUT2D eigenvalue weighted by Crippen LogP contribution is -2.29. The standard InChI is InChI=1S/C10H16O7/c11-3-5-15-9(13)7-1-2-8(17-7)10(14)16-6-4-12/h7-8,11-12H,1-6H2. The van der Waals surface area contributed by atoms with Crippen LogP contribution in [-0.4, -0.2) is 60.8 Å². The Kier molecular flexibility index (Phi) is 5.88. The normalized spacial score (nSPS) is 23.4. The molecule has 1 aliphatic rings. The molecule has 0 aromatic carbocycles. The van der Waals surface area contributed by atoms with Gasteiger partial charge in [0.1, 0.15) is 13.2 Å². The SMILES string of the molecule is O=C(OCCO)C1CCC(C(=O)OCCO)O1. The van der Waals surface area contributed by atoms with Crippen LogP contribution in [0.15, 0.2) is 0 Å². The topological polar surface area (TPSA) is 102 Å². The van der Waals surface area contributed by atoms with Gasteiger partial charge in [-0.1, -0.05) is 0 Å². The molecule has 7 heteroatoms. The molecule has 0 aromatic heterocycles. The summed E-state index contributed by atoms with van der Waals surface area (Å²) < 4.78 is 14.5. The summed E-state index contributed by atoms with van der Waals surface area (Å²) in [5.74, 6) is -1.17. The minimum atomic E-state index is -0.784. The van der Waals surface area contributed by atoms with Gasteiger partial charge < -0.3 is 24.4 Å². The number of rotatable bonds is 6. The summed E-state index contributed by atoms with van der Waals surface area (Å²) >= 11 is 0. The van der Waals surface area contributed by atoms with Crippen LogP contribution < -0.4 is 0 Å². The van der Waals surface area contributed by atoms with Crippen molar-refractivity contribution in [1.82, 2.24) is 0 Å². The third-order valence-corrected chi connectivity index (χ3v) is 2.22. The molecule has 2 atom stereocenters. The van der Waals surface area contributed by atoms with Gasteiger partial charge >= 0.3 is 11.9 Å². The fourth-order valence-electron chi connectivity index (χ4n) is 1.46. The molecule has 1 fully saturated rings. The smallest absolute Gasteiger partial charge is 0.335 e. The number of carbonyl (C=O) groups is 2. The Labute approximate surface area is 98.3 Å². The highest BCUT2D eigenvalue weighted by atomic mass is 16.6. The Morgan fingerprint density at radius 2 is 1.41 bits per heavy atom. The van der Waals surface area contributed by atoms with Crippen molar-refractivity contribution >= 4 is 11.9 Å². The van der Waals surface area contributed by atoms with Crippen LogP contribution in [0, 0.1) is 0 Å². The van der Waals surface area contributed by atoms with Crippen LogP contribution in [0.4, 0.5) is 0 Å². The molecular formula is C10H16O7. The molecule has 98 valence electrons. The predicted octanol–water partition coefficient (Wildman–Crippen LogP) is -1.40. The number of hydrogen-bond donors (Lipinski definition) is 2. The second-order valence-electron chi connectivity index (χ2n) is 3.47. The van der Waals surface area contributed by atoms with E-state index in [0.29, 0.717) is 12.8 Å². The first kappa shape index (κ1) is 13.9. The van der Waals surface area contributed by atoms with Gasteiger partial charge in [0.2, 0.25) is 0 Å². The molecule has 2 N–H and O–H groups in total. The highest BCUT2D eigenvalue weighted by molar-refractivity contribution is 5.79. The zero-order valence-electron chi connectivity index (χ0n) is 9.33.